The normalized spacial score (nSPS) is 25.8. The van der Waals surface area contributed by atoms with Crippen molar-refractivity contribution in [3.63, 3.8) is 0 Å². The van der Waals surface area contributed by atoms with Gasteiger partial charge in [-0.1, -0.05) is 19.9 Å². The van der Waals surface area contributed by atoms with Gasteiger partial charge in [-0.2, -0.15) is 0 Å². The van der Waals surface area contributed by atoms with E-state index in [0.29, 0.717) is 18.8 Å². The molecule has 0 aliphatic carbocycles. The van der Waals surface area contributed by atoms with Crippen molar-refractivity contribution in [1.29, 1.82) is 0 Å². The summed E-state index contributed by atoms with van der Waals surface area (Å²) >= 11 is 0. The van der Waals surface area contributed by atoms with E-state index in [1.165, 1.54) is 6.07 Å². The summed E-state index contributed by atoms with van der Waals surface area (Å²) in [5.74, 6) is -1.19. The van der Waals surface area contributed by atoms with Crippen LogP contribution in [0.1, 0.15) is 38.4 Å². The summed E-state index contributed by atoms with van der Waals surface area (Å²) in [6.45, 7) is 5.08. The number of carbonyl (C=O) groups excluding carboxylic acids is 2. The number of aliphatic hydroxyl groups is 1. The Morgan fingerprint density at radius 3 is 2.56 bits per heavy atom. The molecular formula is C19H28N4O4. The summed E-state index contributed by atoms with van der Waals surface area (Å²) < 4.78 is 1.63. The van der Waals surface area contributed by atoms with Crippen LogP contribution >= 0.6 is 0 Å². The van der Waals surface area contributed by atoms with Gasteiger partial charge >= 0.3 is 6.03 Å². The molecule has 1 aromatic heterocycles. The quantitative estimate of drug-likeness (QED) is 0.671. The monoisotopic (exact) mass is 376 g/mol. The van der Waals surface area contributed by atoms with Gasteiger partial charge in [0.1, 0.15) is 0 Å². The SMILES string of the molecule is CCCNC(=O)[C@@H]1[C@@H](CO)[C@@H]2Cn3c(cccc3=O)[C@H]1N2C(=O)NCCC. The predicted octanol–water partition coefficient (Wildman–Crippen LogP) is 0.458. The Hall–Kier alpha value is -2.35. The van der Waals surface area contributed by atoms with Gasteiger partial charge in [0.2, 0.25) is 5.91 Å². The Morgan fingerprint density at radius 1 is 1.19 bits per heavy atom. The van der Waals surface area contributed by atoms with Gasteiger partial charge in [-0.3, -0.25) is 9.59 Å². The number of hydrogen-bond donors (Lipinski definition) is 3. The maximum Gasteiger partial charge on any atom is 0.318 e. The Bertz CT molecular complexity index is 762. The highest BCUT2D eigenvalue weighted by Gasteiger charge is 2.57. The van der Waals surface area contributed by atoms with Crippen molar-refractivity contribution in [3.05, 3.63) is 34.2 Å². The fourth-order valence-electron chi connectivity index (χ4n) is 4.33. The minimum Gasteiger partial charge on any atom is -0.396 e. The molecule has 3 amide bonds. The summed E-state index contributed by atoms with van der Waals surface area (Å²) in [6, 6.07) is 3.71. The van der Waals surface area contributed by atoms with Gasteiger partial charge in [0, 0.05) is 43.9 Å². The average molecular weight is 376 g/mol. The number of urea groups is 1. The second kappa shape index (κ2) is 8.12. The molecule has 8 nitrogen and oxygen atoms in total. The topological polar surface area (TPSA) is 104 Å². The van der Waals surface area contributed by atoms with Gasteiger partial charge in [-0.25, -0.2) is 4.79 Å². The number of pyridine rings is 1. The fourth-order valence-corrected chi connectivity index (χ4v) is 4.33. The lowest BCUT2D eigenvalue weighted by Gasteiger charge is -2.38. The van der Waals surface area contributed by atoms with Gasteiger partial charge in [0.25, 0.3) is 5.56 Å². The van der Waals surface area contributed by atoms with Crippen molar-refractivity contribution in [2.75, 3.05) is 19.7 Å². The molecule has 1 aromatic rings. The molecule has 148 valence electrons. The molecule has 0 saturated carbocycles. The first-order valence-corrected chi connectivity index (χ1v) is 9.69. The Morgan fingerprint density at radius 2 is 1.89 bits per heavy atom. The third-order valence-corrected chi connectivity index (χ3v) is 5.53. The lowest BCUT2D eigenvalue weighted by Crippen LogP contribution is -2.52. The lowest BCUT2D eigenvalue weighted by atomic mass is 9.86. The third kappa shape index (κ3) is 3.34. The van der Waals surface area contributed by atoms with E-state index >= 15 is 0 Å². The molecule has 8 heteroatoms. The second-order valence-electron chi connectivity index (χ2n) is 7.21. The van der Waals surface area contributed by atoms with Gasteiger partial charge < -0.3 is 25.2 Å². The van der Waals surface area contributed by atoms with Crippen molar-refractivity contribution >= 4 is 11.9 Å². The molecule has 0 radical (unpaired) electrons. The van der Waals surface area contributed by atoms with Crippen LogP contribution in [0, 0.1) is 11.8 Å². The van der Waals surface area contributed by atoms with E-state index in [1.54, 1.807) is 21.6 Å². The molecule has 2 aliphatic heterocycles. The molecule has 3 rings (SSSR count). The average Bonchev–Trinajstić information content (AvgIpc) is 2.91. The van der Waals surface area contributed by atoms with E-state index in [-0.39, 0.29) is 30.6 Å². The number of nitrogens with one attached hydrogen (secondary N) is 2. The highest BCUT2D eigenvalue weighted by molar-refractivity contribution is 5.83. The van der Waals surface area contributed by atoms with Gasteiger partial charge in [-0.15, -0.1) is 0 Å². The summed E-state index contributed by atoms with van der Waals surface area (Å²) in [6.07, 6.45) is 1.60. The van der Waals surface area contributed by atoms with Crippen LogP contribution in [0.4, 0.5) is 4.79 Å². The van der Waals surface area contributed by atoms with E-state index in [9.17, 15) is 19.5 Å². The molecular weight excluding hydrogens is 348 g/mol. The first kappa shape index (κ1) is 19.4. The minimum atomic E-state index is -0.588. The van der Waals surface area contributed by atoms with Gasteiger partial charge in [-0.05, 0) is 18.9 Å². The van der Waals surface area contributed by atoms with Crippen molar-refractivity contribution in [2.45, 2.75) is 45.3 Å². The third-order valence-electron chi connectivity index (χ3n) is 5.53. The van der Waals surface area contributed by atoms with Crippen molar-refractivity contribution in [1.82, 2.24) is 20.1 Å². The molecule has 2 aliphatic rings. The van der Waals surface area contributed by atoms with Crippen molar-refractivity contribution in [3.8, 4) is 0 Å². The Balaban J connectivity index is 2.05. The van der Waals surface area contributed by atoms with Crippen molar-refractivity contribution < 1.29 is 14.7 Å². The molecule has 0 aromatic carbocycles. The standard InChI is InChI=1S/C19H28N4O4/c1-3-8-20-18(26)16-12(11-24)14-10-22-13(6-5-7-15(22)25)17(16)23(14)19(27)21-9-4-2/h5-7,12,14,16-17,24H,3-4,8-11H2,1-2H3,(H,20,26)(H,21,27)/t12-,14-,16+,17+/m0/s1. The van der Waals surface area contributed by atoms with Crippen molar-refractivity contribution in [2.24, 2.45) is 11.8 Å². The van der Waals surface area contributed by atoms with E-state index in [2.05, 4.69) is 10.6 Å². The molecule has 0 spiro atoms. The Labute approximate surface area is 158 Å². The number of hydrogen-bond acceptors (Lipinski definition) is 4. The van der Waals surface area contributed by atoms with E-state index in [4.69, 9.17) is 0 Å². The van der Waals surface area contributed by atoms with E-state index < -0.39 is 23.9 Å². The fraction of sp³-hybridized carbons (Fsp3) is 0.632. The van der Waals surface area contributed by atoms with Gasteiger partial charge in [0.05, 0.1) is 18.0 Å². The Kier molecular flexibility index (Phi) is 5.84. The second-order valence-corrected chi connectivity index (χ2v) is 7.21. The zero-order valence-corrected chi connectivity index (χ0v) is 15.9. The molecule has 1 saturated heterocycles. The molecule has 27 heavy (non-hydrogen) atoms. The van der Waals surface area contributed by atoms with Crippen LogP contribution < -0.4 is 16.2 Å². The molecule has 2 bridgehead atoms. The number of fused-ring (bicyclic) bond motifs is 4. The summed E-state index contributed by atoms with van der Waals surface area (Å²) in [5.41, 5.74) is 0.500. The maximum atomic E-state index is 12.9. The van der Waals surface area contributed by atoms with E-state index in [0.717, 1.165) is 12.8 Å². The zero-order valence-electron chi connectivity index (χ0n) is 15.9. The zero-order chi connectivity index (χ0) is 19.6. The predicted molar refractivity (Wildman–Crippen MR) is 100 cm³/mol. The highest BCUT2D eigenvalue weighted by atomic mass is 16.3. The van der Waals surface area contributed by atoms with Crippen LogP contribution in [0.3, 0.4) is 0 Å². The van der Waals surface area contributed by atoms with Crippen LogP contribution in [0.2, 0.25) is 0 Å². The highest BCUT2D eigenvalue weighted by Crippen LogP contribution is 2.48. The van der Waals surface area contributed by atoms with Gasteiger partial charge in [0.15, 0.2) is 0 Å². The van der Waals surface area contributed by atoms with Crippen LogP contribution in [0.25, 0.3) is 0 Å². The largest absolute Gasteiger partial charge is 0.396 e. The first-order valence-electron chi connectivity index (χ1n) is 9.69. The summed E-state index contributed by atoms with van der Waals surface area (Å²) in [7, 11) is 0. The number of aromatic nitrogens is 1. The molecule has 3 N–H and O–H groups in total. The molecule has 1 fully saturated rings. The number of nitrogens with zero attached hydrogens (tertiary/aromatic N) is 2. The van der Waals surface area contributed by atoms with Crippen LogP contribution in [-0.2, 0) is 11.3 Å². The number of carbonyl (C=O) groups is 2. The minimum absolute atomic E-state index is 0.151. The number of aliphatic hydroxyl groups excluding tert-OH is 1. The number of amides is 3. The van der Waals surface area contributed by atoms with Crippen LogP contribution in [0.15, 0.2) is 23.0 Å². The molecule has 4 atom stereocenters. The molecule has 3 heterocycles. The van der Waals surface area contributed by atoms with E-state index in [1.807, 2.05) is 13.8 Å². The maximum absolute atomic E-state index is 12.9. The summed E-state index contributed by atoms with van der Waals surface area (Å²) in [4.78, 5) is 39.8. The first-order chi connectivity index (χ1) is 13.0. The lowest BCUT2D eigenvalue weighted by molar-refractivity contribution is -0.127. The smallest absolute Gasteiger partial charge is 0.318 e. The van der Waals surface area contributed by atoms with Crippen LogP contribution in [-0.4, -0.2) is 52.3 Å². The summed E-state index contributed by atoms with van der Waals surface area (Å²) in [5, 5.41) is 15.8. The molecule has 0 unspecified atom stereocenters. The number of rotatable bonds is 6. The van der Waals surface area contributed by atoms with Crippen LogP contribution in [0.5, 0.6) is 0 Å².